The predicted molar refractivity (Wildman–Crippen MR) is 67.6 cm³/mol. The Labute approximate surface area is 110 Å². The fourth-order valence-electron chi connectivity index (χ4n) is 1.74. The van der Waals surface area contributed by atoms with E-state index < -0.39 is 0 Å². The van der Waals surface area contributed by atoms with E-state index in [1.54, 1.807) is 6.20 Å². The molecule has 2 N–H and O–H groups in total. The van der Waals surface area contributed by atoms with Gasteiger partial charge >= 0.3 is 0 Å². The van der Waals surface area contributed by atoms with Gasteiger partial charge in [-0.05, 0) is 22.0 Å². The Morgan fingerprint density at radius 2 is 2.28 bits per heavy atom. The molecule has 0 spiro atoms. The molecule has 7 nitrogen and oxygen atoms in total. The standard InChI is InChI=1S/C10H9BrN6O/c11-6-3-7-9(13-4-6)17(10(12)15-7)2-1-8-14-5-18-16-8/h3-5H,1-2H2,(H2,12,15). The first kappa shape index (κ1) is 11.1. The third kappa shape index (κ3) is 1.94. The number of aryl methyl sites for hydroxylation is 2. The number of nitrogens with zero attached hydrogens (tertiary/aromatic N) is 5. The summed E-state index contributed by atoms with van der Waals surface area (Å²) in [6.07, 6.45) is 3.64. The molecule has 0 saturated carbocycles. The lowest BCUT2D eigenvalue weighted by Gasteiger charge is -2.03. The monoisotopic (exact) mass is 308 g/mol. The number of anilines is 1. The molecule has 0 fully saturated rings. The van der Waals surface area contributed by atoms with E-state index in [1.807, 2.05) is 10.6 Å². The van der Waals surface area contributed by atoms with Gasteiger partial charge < -0.3 is 10.3 Å². The van der Waals surface area contributed by atoms with Gasteiger partial charge in [-0.2, -0.15) is 4.98 Å². The van der Waals surface area contributed by atoms with Crippen LogP contribution in [0.1, 0.15) is 5.82 Å². The van der Waals surface area contributed by atoms with Crippen molar-refractivity contribution in [1.82, 2.24) is 24.7 Å². The van der Waals surface area contributed by atoms with Crippen LogP contribution in [0.3, 0.4) is 0 Å². The van der Waals surface area contributed by atoms with E-state index >= 15 is 0 Å². The zero-order chi connectivity index (χ0) is 12.5. The molecule has 0 unspecified atom stereocenters. The molecule has 3 heterocycles. The molecule has 3 aromatic rings. The van der Waals surface area contributed by atoms with Crippen molar-refractivity contribution in [3.63, 3.8) is 0 Å². The lowest BCUT2D eigenvalue weighted by atomic mass is 10.4. The Morgan fingerprint density at radius 3 is 3.06 bits per heavy atom. The largest absolute Gasteiger partial charge is 0.369 e. The van der Waals surface area contributed by atoms with E-state index in [0.29, 0.717) is 24.7 Å². The molecular formula is C10H9BrN6O. The summed E-state index contributed by atoms with van der Waals surface area (Å²) in [4.78, 5) is 12.5. The van der Waals surface area contributed by atoms with Crippen molar-refractivity contribution in [2.24, 2.45) is 0 Å². The lowest BCUT2D eigenvalue weighted by molar-refractivity contribution is 0.408. The van der Waals surface area contributed by atoms with E-state index in [1.165, 1.54) is 6.39 Å². The lowest BCUT2D eigenvalue weighted by Crippen LogP contribution is -2.07. The van der Waals surface area contributed by atoms with Crippen LogP contribution in [0.4, 0.5) is 5.95 Å². The summed E-state index contributed by atoms with van der Waals surface area (Å²) in [5.74, 6) is 1.06. The van der Waals surface area contributed by atoms with Crippen LogP contribution < -0.4 is 5.73 Å². The Bertz CT molecular complexity index is 677. The molecule has 0 saturated heterocycles. The first-order chi connectivity index (χ1) is 8.74. The number of hydrogen-bond acceptors (Lipinski definition) is 6. The van der Waals surface area contributed by atoms with Crippen molar-refractivity contribution in [1.29, 1.82) is 0 Å². The Kier molecular flexibility index (Phi) is 2.71. The van der Waals surface area contributed by atoms with Gasteiger partial charge in [0, 0.05) is 23.6 Å². The SMILES string of the molecule is Nc1nc2cc(Br)cnc2n1CCc1ncon1. The van der Waals surface area contributed by atoms with Crippen molar-refractivity contribution in [3.05, 3.63) is 29.0 Å². The maximum atomic E-state index is 5.88. The molecule has 0 atom stereocenters. The molecule has 8 heteroatoms. The number of halogens is 1. The van der Waals surface area contributed by atoms with Gasteiger partial charge in [0.15, 0.2) is 11.5 Å². The fourth-order valence-corrected chi connectivity index (χ4v) is 2.06. The second-order valence-electron chi connectivity index (χ2n) is 3.72. The van der Waals surface area contributed by atoms with Crippen LogP contribution in [0.15, 0.2) is 27.7 Å². The molecule has 0 bridgehead atoms. The highest BCUT2D eigenvalue weighted by Gasteiger charge is 2.10. The van der Waals surface area contributed by atoms with Crippen LogP contribution in [-0.4, -0.2) is 24.7 Å². The number of pyridine rings is 1. The second-order valence-corrected chi connectivity index (χ2v) is 4.63. The maximum Gasteiger partial charge on any atom is 0.213 e. The van der Waals surface area contributed by atoms with Crippen LogP contribution in [0.5, 0.6) is 0 Å². The van der Waals surface area contributed by atoms with Crippen LogP contribution >= 0.6 is 15.9 Å². The maximum absolute atomic E-state index is 5.88. The summed E-state index contributed by atoms with van der Waals surface area (Å²) in [7, 11) is 0. The summed E-state index contributed by atoms with van der Waals surface area (Å²) in [6, 6.07) is 1.88. The molecule has 18 heavy (non-hydrogen) atoms. The van der Waals surface area contributed by atoms with Crippen LogP contribution in [-0.2, 0) is 13.0 Å². The average Bonchev–Trinajstić information content (AvgIpc) is 2.93. The van der Waals surface area contributed by atoms with E-state index in [2.05, 4.69) is 40.6 Å². The fraction of sp³-hybridized carbons (Fsp3) is 0.200. The number of rotatable bonds is 3. The van der Waals surface area contributed by atoms with E-state index in [-0.39, 0.29) is 0 Å². The molecule has 0 aromatic carbocycles. The molecule has 0 aliphatic rings. The van der Waals surface area contributed by atoms with Gasteiger partial charge in [-0.1, -0.05) is 5.16 Å². The molecule has 0 aliphatic heterocycles. The smallest absolute Gasteiger partial charge is 0.213 e. The number of hydrogen-bond donors (Lipinski definition) is 1. The van der Waals surface area contributed by atoms with E-state index in [0.717, 1.165) is 15.6 Å². The quantitative estimate of drug-likeness (QED) is 0.785. The molecule has 3 rings (SSSR count). The highest BCUT2D eigenvalue weighted by molar-refractivity contribution is 9.10. The Hall–Kier alpha value is -1.96. The molecule has 3 aromatic heterocycles. The van der Waals surface area contributed by atoms with Gasteiger partial charge in [0.05, 0.1) is 0 Å². The van der Waals surface area contributed by atoms with Crippen LogP contribution in [0.2, 0.25) is 0 Å². The zero-order valence-corrected chi connectivity index (χ0v) is 10.8. The van der Waals surface area contributed by atoms with Crippen LogP contribution in [0, 0.1) is 0 Å². The van der Waals surface area contributed by atoms with Gasteiger partial charge in [0.1, 0.15) is 5.52 Å². The number of imidazole rings is 1. The van der Waals surface area contributed by atoms with Crippen molar-refractivity contribution in [3.8, 4) is 0 Å². The number of aromatic nitrogens is 5. The minimum atomic E-state index is 0.430. The molecule has 0 radical (unpaired) electrons. The van der Waals surface area contributed by atoms with Crippen molar-refractivity contribution in [2.75, 3.05) is 5.73 Å². The summed E-state index contributed by atoms with van der Waals surface area (Å²) >= 11 is 3.35. The van der Waals surface area contributed by atoms with E-state index in [9.17, 15) is 0 Å². The molecular weight excluding hydrogens is 300 g/mol. The van der Waals surface area contributed by atoms with Gasteiger partial charge in [0.2, 0.25) is 12.3 Å². The summed E-state index contributed by atoms with van der Waals surface area (Å²) in [5, 5.41) is 3.75. The van der Waals surface area contributed by atoms with E-state index in [4.69, 9.17) is 5.73 Å². The number of nitrogens with two attached hydrogens (primary N) is 1. The first-order valence-corrected chi connectivity index (χ1v) is 6.06. The molecule has 92 valence electrons. The summed E-state index contributed by atoms with van der Waals surface area (Å²) in [6.45, 7) is 0.608. The highest BCUT2D eigenvalue weighted by atomic mass is 79.9. The molecule has 0 aliphatic carbocycles. The molecule has 0 amide bonds. The zero-order valence-electron chi connectivity index (χ0n) is 9.25. The van der Waals surface area contributed by atoms with Crippen molar-refractivity contribution in [2.45, 2.75) is 13.0 Å². The van der Waals surface area contributed by atoms with Gasteiger partial charge in [-0.3, -0.25) is 4.57 Å². The van der Waals surface area contributed by atoms with Crippen molar-refractivity contribution >= 4 is 33.0 Å². The minimum Gasteiger partial charge on any atom is -0.369 e. The number of nitrogen functional groups attached to an aromatic ring is 1. The third-order valence-corrected chi connectivity index (χ3v) is 2.98. The third-order valence-electron chi connectivity index (χ3n) is 2.55. The van der Waals surface area contributed by atoms with Gasteiger partial charge in [-0.25, -0.2) is 9.97 Å². The highest BCUT2D eigenvalue weighted by Crippen LogP contribution is 2.19. The first-order valence-electron chi connectivity index (χ1n) is 5.26. The average molecular weight is 309 g/mol. The summed E-state index contributed by atoms with van der Waals surface area (Å²) < 4.78 is 7.38. The minimum absolute atomic E-state index is 0.430. The number of fused-ring (bicyclic) bond motifs is 1. The normalized spacial score (nSPS) is 11.2. The second kappa shape index (κ2) is 4.37. The van der Waals surface area contributed by atoms with Crippen LogP contribution in [0.25, 0.3) is 11.2 Å². The van der Waals surface area contributed by atoms with Gasteiger partial charge in [-0.15, -0.1) is 0 Å². The topological polar surface area (TPSA) is 95.7 Å². The Morgan fingerprint density at radius 1 is 1.39 bits per heavy atom. The summed E-state index contributed by atoms with van der Waals surface area (Å²) in [5.41, 5.74) is 7.38. The van der Waals surface area contributed by atoms with Crippen molar-refractivity contribution < 1.29 is 4.52 Å². The Balaban J connectivity index is 1.93. The van der Waals surface area contributed by atoms with Gasteiger partial charge in [0.25, 0.3) is 0 Å². The predicted octanol–water partition coefficient (Wildman–Crippen LogP) is 1.40.